The minimum absolute atomic E-state index is 0.296. The molecule has 0 radical (unpaired) electrons. The maximum atomic E-state index is 13.3. The van der Waals surface area contributed by atoms with Crippen molar-refractivity contribution in [3.05, 3.63) is 28.5 Å². The molecule has 0 aliphatic carbocycles. The van der Waals surface area contributed by atoms with E-state index in [9.17, 15) is 4.39 Å². The second-order valence-electron chi connectivity index (χ2n) is 3.33. The zero-order chi connectivity index (χ0) is 14.5. The summed E-state index contributed by atoms with van der Waals surface area (Å²) in [5.41, 5.74) is 0.417. The van der Waals surface area contributed by atoms with E-state index in [0.29, 0.717) is 16.1 Å². The van der Waals surface area contributed by atoms with Crippen LogP contribution in [0, 0.1) is 5.82 Å². The van der Waals surface area contributed by atoms with Crippen LogP contribution in [0.5, 0.6) is 0 Å². The quantitative estimate of drug-likeness (QED) is 0.565. The number of rotatable bonds is 1. The fraction of sp³-hybridized carbons (Fsp3) is 0.222. The Labute approximate surface area is 117 Å². The number of hydrogen-bond donors (Lipinski definition) is 4. The molecule has 4 N–H and O–H groups in total. The standard InChI is InChI=1S/C9H9BrFN3.H2O4S/c10-6-2-1-3-7(11)8(6)14-9-12-4-5-13-9;1-5(2,3)4/h1-3H,4-5H2,(H2,12,13,14);(H2,1,2,3,4). The van der Waals surface area contributed by atoms with Crippen LogP contribution in [0.3, 0.4) is 0 Å². The monoisotopic (exact) mass is 355 g/mol. The molecule has 0 spiro atoms. The van der Waals surface area contributed by atoms with E-state index in [-0.39, 0.29) is 5.82 Å². The van der Waals surface area contributed by atoms with Gasteiger partial charge in [-0.25, -0.2) is 4.39 Å². The van der Waals surface area contributed by atoms with Gasteiger partial charge in [0.25, 0.3) is 0 Å². The van der Waals surface area contributed by atoms with E-state index in [1.165, 1.54) is 6.07 Å². The number of nitrogens with zero attached hydrogens (tertiary/aromatic N) is 1. The summed E-state index contributed by atoms with van der Waals surface area (Å²) in [6, 6.07) is 4.83. The molecule has 1 aliphatic rings. The van der Waals surface area contributed by atoms with Crippen LogP contribution in [0.4, 0.5) is 10.1 Å². The van der Waals surface area contributed by atoms with E-state index < -0.39 is 10.4 Å². The van der Waals surface area contributed by atoms with E-state index in [1.54, 1.807) is 12.1 Å². The van der Waals surface area contributed by atoms with Gasteiger partial charge in [0.05, 0.1) is 12.2 Å². The van der Waals surface area contributed by atoms with Crippen molar-refractivity contribution >= 4 is 38.0 Å². The van der Waals surface area contributed by atoms with Gasteiger partial charge in [-0.05, 0) is 28.1 Å². The Kier molecular flexibility index (Phi) is 5.66. The first kappa shape index (κ1) is 15.8. The fourth-order valence-electron chi connectivity index (χ4n) is 1.22. The molecular formula is C9H11BrFN3O4S. The summed E-state index contributed by atoms with van der Waals surface area (Å²) in [4.78, 5) is 4.12. The number of aliphatic imine (C=N–C) groups is 1. The first-order chi connectivity index (χ1) is 8.77. The molecule has 7 nitrogen and oxygen atoms in total. The second-order valence-corrected chi connectivity index (χ2v) is 5.08. The van der Waals surface area contributed by atoms with E-state index in [4.69, 9.17) is 17.5 Å². The summed E-state index contributed by atoms with van der Waals surface area (Å²) in [6.45, 7) is 1.53. The van der Waals surface area contributed by atoms with Gasteiger partial charge in [-0.3, -0.25) is 14.1 Å². The van der Waals surface area contributed by atoms with Crippen LogP contribution in [-0.4, -0.2) is 36.6 Å². The van der Waals surface area contributed by atoms with E-state index >= 15 is 0 Å². The molecule has 1 aromatic carbocycles. The van der Waals surface area contributed by atoms with Gasteiger partial charge < -0.3 is 10.6 Å². The lowest BCUT2D eigenvalue weighted by molar-refractivity contribution is 0.381. The molecule has 0 amide bonds. The van der Waals surface area contributed by atoms with Crippen molar-refractivity contribution in [1.82, 2.24) is 5.32 Å². The minimum Gasteiger partial charge on any atom is -0.354 e. The van der Waals surface area contributed by atoms with Crippen LogP contribution < -0.4 is 10.6 Å². The Morgan fingerprint density at radius 1 is 1.42 bits per heavy atom. The van der Waals surface area contributed by atoms with Gasteiger partial charge in [0, 0.05) is 11.0 Å². The molecule has 19 heavy (non-hydrogen) atoms. The molecule has 1 aromatic rings. The van der Waals surface area contributed by atoms with Gasteiger partial charge >= 0.3 is 10.4 Å². The third-order valence-electron chi connectivity index (χ3n) is 1.88. The molecule has 0 saturated heterocycles. The highest BCUT2D eigenvalue weighted by Gasteiger charge is 2.10. The topological polar surface area (TPSA) is 111 Å². The molecule has 0 bridgehead atoms. The van der Waals surface area contributed by atoms with Crippen molar-refractivity contribution in [3.63, 3.8) is 0 Å². The molecule has 0 saturated carbocycles. The van der Waals surface area contributed by atoms with Crippen LogP contribution in [-0.2, 0) is 10.4 Å². The van der Waals surface area contributed by atoms with Gasteiger partial charge in [0.2, 0.25) is 0 Å². The Balaban J connectivity index is 0.000000312. The Bertz CT molecular complexity index is 551. The summed E-state index contributed by atoms with van der Waals surface area (Å²) in [5.74, 6) is 0.326. The van der Waals surface area contributed by atoms with E-state index in [1.807, 2.05) is 0 Å². The molecule has 1 heterocycles. The van der Waals surface area contributed by atoms with Gasteiger partial charge in [0.1, 0.15) is 5.82 Å². The zero-order valence-corrected chi connectivity index (χ0v) is 11.9. The molecule has 2 rings (SSSR count). The Morgan fingerprint density at radius 2 is 2.05 bits per heavy atom. The van der Waals surface area contributed by atoms with Crippen molar-refractivity contribution in [2.45, 2.75) is 0 Å². The van der Waals surface area contributed by atoms with Gasteiger partial charge in [-0.2, -0.15) is 8.42 Å². The first-order valence-corrected chi connectivity index (χ1v) is 7.15. The number of hydrogen-bond acceptors (Lipinski definition) is 5. The van der Waals surface area contributed by atoms with Crippen molar-refractivity contribution in [1.29, 1.82) is 0 Å². The number of anilines is 1. The number of halogens is 2. The maximum absolute atomic E-state index is 13.3. The van der Waals surface area contributed by atoms with Crippen LogP contribution in [0.25, 0.3) is 0 Å². The maximum Gasteiger partial charge on any atom is 0.394 e. The summed E-state index contributed by atoms with van der Waals surface area (Å²) >= 11 is 3.27. The van der Waals surface area contributed by atoms with Crippen LogP contribution in [0.1, 0.15) is 0 Å². The van der Waals surface area contributed by atoms with E-state index in [0.717, 1.165) is 13.1 Å². The molecule has 1 aliphatic heterocycles. The van der Waals surface area contributed by atoms with Crippen molar-refractivity contribution < 1.29 is 21.9 Å². The average Bonchev–Trinajstić information content (AvgIpc) is 2.74. The van der Waals surface area contributed by atoms with Gasteiger partial charge in [0.15, 0.2) is 5.96 Å². The number of benzene rings is 1. The SMILES string of the molecule is Fc1cccc(Br)c1NC1=NCCN1.O=S(=O)(O)O. The summed E-state index contributed by atoms with van der Waals surface area (Å²) in [6.07, 6.45) is 0. The predicted molar refractivity (Wildman–Crippen MR) is 72.2 cm³/mol. The smallest absolute Gasteiger partial charge is 0.354 e. The summed E-state index contributed by atoms with van der Waals surface area (Å²) in [5, 5.41) is 5.91. The molecule has 0 atom stereocenters. The molecular weight excluding hydrogens is 345 g/mol. The van der Waals surface area contributed by atoms with Crippen LogP contribution >= 0.6 is 15.9 Å². The lowest BCUT2D eigenvalue weighted by Crippen LogP contribution is -2.26. The molecule has 0 aromatic heterocycles. The zero-order valence-electron chi connectivity index (χ0n) is 9.47. The van der Waals surface area contributed by atoms with Crippen molar-refractivity contribution in [3.8, 4) is 0 Å². The fourth-order valence-corrected chi connectivity index (χ4v) is 1.66. The van der Waals surface area contributed by atoms with Gasteiger partial charge in [-0.15, -0.1) is 0 Å². The van der Waals surface area contributed by atoms with Crippen LogP contribution in [0.15, 0.2) is 27.7 Å². The number of para-hydroxylation sites is 1. The highest BCUT2D eigenvalue weighted by atomic mass is 79.9. The van der Waals surface area contributed by atoms with E-state index in [2.05, 4.69) is 31.6 Å². The molecule has 0 fully saturated rings. The molecule has 106 valence electrons. The largest absolute Gasteiger partial charge is 0.394 e. The predicted octanol–water partition coefficient (Wildman–Crippen LogP) is 1.31. The lowest BCUT2D eigenvalue weighted by Gasteiger charge is -2.09. The minimum atomic E-state index is -4.67. The summed E-state index contributed by atoms with van der Waals surface area (Å²) < 4.78 is 45.6. The second kappa shape index (κ2) is 6.80. The molecule has 10 heteroatoms. The Hall–Kier alpha value is -1.23. The average molecular weight is 356 g/mol. The first-order valence-electron chi connectivity index (χ1n) is 4.96. The lowest BCUT2D eigenvalue weighted by atomic mass is 10.3. The third kappa shape index (κ3) is 6.47. The highest BCUT2D eigenvalue weighted by Crippen LogP contribution is 2.24. The number of nitrogens with one attached hydrogen (secondary N) is 2. The Morgan fingerprint density at radius 3 is 2.53 bits per heavy atom. The van der Waals surface area contributed by atoms with Crippen molar-refractivity contribution in [2.24, 2.45) is 4.99 Å². The summed E-state index contributed by atoms with van der Waals surface area (Å²) in [7, 11) is -4.67. The normalized spacial score (nSPS) is 14.0. The molecule has 0 unspecified atom stereocenters. The van der Waals surface area contributed by atoms with Gasteiger partial charge in [-0.1, -0.05) is 6.07 Å². The highest BCUT2D eigenvalue weighted by molar-refractivity contribution is 9.10. The van der Waals surface area contributed by atoms with Crippen LogP contribution in [0.2, 0.25) is 0 Å². The van der Waals surface area contributed by atoms with Crippen molar-refractivity contribution in [2.75, 3.05) is 18.4 Å². The number of guanidine groups is 1. The third-order valence-corrected chi connectivity index (χ3v) is 2.54.